The molecular formula is C10H22BNO2. The Morgan fingerprint density at radius 2 is 1.29 bits per heavy atom. The predicted molar refractivity (Wildman–Crippen MR) is 59.0 cm³/mol. The van der Waals surface area contributed by atoms with E-state index in [1.807, 2.05) is 0 Å². The number of hydrogen-bond donors (Lipinski definition) is 0. The van der Waals surface area contributed by atoms with Crippen LogP contribution in [-0.2, 0) is 9.31 Å². The highest BCUT2D eigenvalue weighted by molar-refractivity contribution is 6.42. The highest BCUT2D eigenvalue weighted by atomic mass is 16.7. The molecule has 3 nitrogen and oxygen atoms in total. The van der Waals surface area contributed by atoms with E-state index in [0.29, 0.717) is 0 Å². The lowest BCUT2D eigenvalue weighted by atomic mass is 9.90. The average molecular weight is 199 g/mol. The van der Waals surface area contributed by atoms with E-state index in [1.165, 1.54) is 0 Å². The summed E-state index contributed by atoms with van der Waals surface area (Å²) in [6, 6.07) is 0. The maximum atomic E-state index is 5.91. The zero-order chi connectivity index (χ0) is 11.0. The minimum Gasteiger partial charge on any atom is -0.389 e. The van der Waals surface area contributed by atoms with Crippen molar-refractivity contribution in [2.75, 3.05) is 13.1 Å². The standard InChI is InChI=1S/C10H22BNO2/c1-7-12(8-2)11-13-9(3,4)10(5,6)14-11/h7-8H2,1-6H3. The van der Waals surface area contributed by atoms with Gasteiger partial charge < -0.3 is 9.31 Å². The Hall–Kier alpha value is -0.0551. The Labute approximate surface area is 87.9 Å². The molecule has 0 aliphatic carbocycles. The number of hydrogen-bond acceptors (Lipinski definition) is 3. The fourth-order valence-electron chi connectivity index (χ4n) is 1.48. The van der Waals surface area contributed by atoms with Gasteiger partial charge in [-0.2, -0.15) is 0 Å². The molecule has 0 N–H and O–H groups in total. The Morgan fingerprint density at radius 1 is 0.929 bits per heavy atom. The first-order valence-corrected chi connectivity index (χ1v) is 5.43. The first-order chi connectivity index (χ1) is 6.34. The summed E-state index contributed by atoms with van der Waals surface area (Å²) < 4.78 is 11.8. The van der Waals surface area contributed by atoms with E-state index < -0.39 is 0 Å². The molecule has 4 heteroatoms. The molecule has 1 saturated heterocycles. The molecule has 0 unspecified atom stereocenters. The van der Waals surface area contributed by atoms with Gasteiger partial charge in [-0.1, -0.05) is 13.8 Å². The minimum absolute atomic E-state index is 0.185. The summed E-state index contributed by atoms with van der Waals surface area (Å²) in [4.78, 5) is 2.18. The van der Waals surface area contributed by atoms with Gasteiger partial charge >= 0.3 is 7.25 Å². The Kier molecular flexibility index (Phi) is 3.29. The van der Waals surface area contributed by atoms with E-state index in [2.05, 4.69) is 46.4 Å². The molecule has 1 aliphatic rings. The quantitative estimate of drug-likeness (QED) is 0.648. The summed E-state index contributed by atoms with van der Waals surface area (Å²) in [5, 5.41) is 0. The molecule has 1 fully saturated rings. The van der Waals surface area contributed by atoms with Crippen molar-refractivity contribution in [2.45, 2.75) is 52.7 Å². The Morgan fingerprint density at radius 3 is 1.57 bits per heavy atom. The summed E-state index contributed by atoms with van der Waals surface area (Å²) in [6.45, 7) is 14.5. The fourth-order valence-corrected chi connectivity index (χ4v) is 1.48. The van der Waals surface area contributed by atoms with E-state index in [1.54, 1.807) is 0 Å². The second kappa shape index (κ2) is 3.84. The smallest absolute Gasteiger partial charge is 0.389 e. The minimum atomic E-state index is -0.222. The van der Waals surface area contributed by atoms with Gasteiger partial charge in [-0.05, 0) is 40.8 Å². The van der Waals surface area contributed by atoms with Crippen molar-refractivity contribution >= 4 is 7.25 Å². The first-order valence-electron chi connectivity index (χ1n) is 5.43. The zero-order valence-corrected chi connectivity index (χ0v) is 10.3. The summed E-state index contributed by atoms with van der Waals surface area (Å²) >= 11 is 0. The molecule has 1 heterocycles. The lowest BCUT2D eigenvalue weighted by Crippen LogP contribution is -2.41. The fraction of sp³-hybridized carbons (Fsp3) is 1.00. The molecular weight excluding hydrogens is 177 g/mol. The highest BCUT2D eigenvalue weighted by Gasteiger charge is 2.53. The number of rotatable bonds is 3. The Balaban J connectivity index is 2.71. The molecule has 0 radical (unpaired) electrons. The third kappa shape index (κ3) is 1.97. The summed E-state index contributed by atoms with van der Waals surface area (Å²) in [6.07, 6.45) is 0. The molecule has 0 atom stereocenters. The van der Waals surface area contributed by atoms with Crippen molar-refractivity contribution in [3.63, 3.8) is 0 Å². The van der Waals surface area contributed by atoms with Crippen molar-refractivity contribution < 1.29 is 9.31 Å². The van der Waals surface area contributed by atoms with Crippen LogP contribution in [0.2, 0.25) is 0 Å². The van der Waals surface area contributed by atoms with Crippen LogP contribution in [0.1, 0.15) is 41.5 Å². The summed E-state index contributed by atoms with van der Waals surface area (Å²) in [5.74, 6) is 0. The van der Waals surface area contributed by atoms with Gasteiger partial charge in [0.1, 0.15) is 0 Å². The van der Waals surface area contributed by atoms with E-state index in [4.69, 9.17) is 9.31 Å². The molecule has 0 saturated carbocycles. The lowest BCUT2D eigenvalue weighted by molar-refractivity contribution is 0.00578. The van der Waals surface area contributed by atoms with Crippen molar-refractivity contribution in [3.8, 4) is 0 Å². The normalized spacial score (nSPS) is 24.6. The van der Waals surface area contributed by atoms with Gasteiger partial charge in [0.15, 0.2) is 0 Å². The van der Waals surface area contributed by atoms with E-state index in [0.717, 1.165) is 13.1 Å². The van der Waals surface area contributed by atoms with Gasteiger partial charge in [-0.15, -0.1) is 0 Å². The molecule has 0 aromatic heterocycles. The average Bonchev–Trinajstić information content (AvgIpc) is 2.23. The maximum absolute atomic E-state index is 5.91. The van der Waals surface area contributed by atoms with E-state index in [9.17, 15) is 0 Å². The van der Waals surface area contributed by atoms with Gasteiger partial charge in [-0.25, -0.2) is 0 Å². The van der Waals surface area contributed by atoms with Gasteiger partial charge in [0.25, 0.3) is 0 Å². The summed E-state index contributed by atoms with van der Waals surface area (Å²) in [7, 11) is -0.185. The van der Waals surface area contributed by atoms with Crippen molar-refractivity contribution in [1.82, 2.24) is 4.81 Å². The molecule has 1 rings (SSSR count). The molecule has 14 heavy (non-hydrogen) atoms. The van der Waals surface area contributed by atoms with Crippen LogP contribution in [-0.4, -0.2) is 36.4 Å². The zero-order valence-electron chi connectivity index (χ0n) is 10.3. The number of nitrogens with zero attached hydrogens (tertiary/aromatic N) is 1. The third-order valence-corrected chi connectivity index (χ3v) is 3.35. The maximum Gasteiger partial charge on any atom is 0.558 e. The monoisotopic (exact) mass is 199 g/mol. The third-order valence-electron chi connectivity index (χ3n) is 3.35. The van der Waals surface area contributed by atoms with Gasteiger partial charge in [0.05, 0.1) is 11.2 Å². The first kappa shape index (κ1) is 12.0. The van der Waals surface area contributed by atoms with E-state index >= 15 is 0 Å². The molecule has 1 aliphatic heterocycles. The van der Waals surface area contributed by atoms with Crippen molar-refractivity contribution in [3.05, 3.63) is 0 Å². The molecule has 0 spiro atoms. The van der Waals surface area contributed by atoms with Crippen LogP contribution in [0.3, 0.4) is 0 Å². The highest BCUT2D eigenvalue weighted by Crippen LogP contribution is 2.37. The van der Waals surface area contributed by atoms with Crippen LogP contribution >= 0.6 is 0 Å². The van der Waals surface area contributed by atoms with Gasteiger partial charge in [-0.3, -0.25) is 4.81 Å². The topological polar surface area (TPSA) is 21.7 Å². The second-order valence-corrected chi connectivity index (χ2v) is 4.78. The largest absolute Gasteiger partial charge is 0.558 e. The van der Waals surface area contributed by atoms with Crippen LogP contribution in [0.5, 0.6) is 0 Å². The second-order valence-electron chi connectivity index (χ2n) is 4.78. The summed E-state index contributed by atoms with van der Waals surface area (Å²) in [5.41, 5.74) is -0.444. The van der Waals surface area contributed by atoms with Gasteiger partial charge in [0, 0.05) is 0 Å². The van der Waals surface area contributed by atoms with Crippen LogP contribution in [0.15, 0.2) is 0 Å². The SMILES string of the molecule is CCN(CC)B1OC(C)(C)C(C)(C)O1. The van der Waals surface area contributed by atoms with Crippen LogP contribution in [0.4, 0.5) is 0 Å². The molecule has 0 amide bonds. The van der Waals surface area contributed by atoms with Crippen LogP contribution < -0.4 is 0 Å². The molecule has 0 bridgehead atoms. The predicted octanol–water partition coefficient (Wildman–Crippen LogP) is 1.92. The van der Waals surface area contributed by atoms with Crippen molar-refractivity contribution in [1.29, 1.82) is 0 Å². The van der Waals surface area contributed by atoms with Crippen molar-refractivity contribution in [2.24, 2.45) is 0 Å². The van der Waals surface area contributed by atoms with E-state index in [-0.39, 0.29) is 18.5 Å². The Bertz CT molecular complexity index is 186. The molecule has 82 valence electrons. The lowest BCUT2D eigenvalue weighted by Gasteiger charge is -2.32. The van der Waals surface area contributed by atoms with Crippen LogP contribution in [0, 0.1) is 0 Å². The van der Waals surface area contributed by atoms with Crippen LogP contribution in [0.25, 0.3) is 0 Å². The van der Waals surface area contributed by atoms with Gasteiger partial charge in [0.2, 0.25) is 0 Å². The molecule has 0 aromatic carbocycles. The molecule has 0 aromatic rings.